The summed E-state index contributed by atoms with van der Waals surface area (Å²) in [5.74, 6) is -4.86. The number of amides is 2. The Kier molecular flexibility index (Phi) is 9.72. The van der Waals surface area contributed by atoms with Gasteiger partial charge in [-0.05, 0) is 12.5 Å². The van der Waals surface area contributed by atoms with Crippen LogP contribution >= 0.6 is 0 Å². The van der Waals surface area contributed by atoms with Crippen LogP contribution < -0.4 is 16.4 Å². The lowest BCUT2D eigenvalue weighted by molar-refractivity contribution is -0.147. The van der Waals surface area contributed by atoms with Crippen molar-refractivity contribution >= 4 is 23.8 Å². The summed E-state index contributed by atoms with van der Waals surface area (Å²) >= 11 is 0. The summed E-state index contributed by atoms with van der Waals surface area (Å²) in [6.07, 6.45) is -1.59. The Morgan fingerprint density at radius 2 is 1.62 bits per heavy atom. The molecule has 1 aromatic rings. The fraction of sp³-hybridized carbons (Fsp3) is 0.444. The summed E-state index contributed by atoms with van der Waals surface area (Å²) in [7, 11) is 0. The van der Waals surface area contributed by atoms with Gasteiger partial charge >= 0.3 is 11.9 Å². The molecule has 2 amide bonds. The van der Waals surface area contributed by atoms with E-state index in [9.17, 15) is 24.3 Å². The summed E-state index contributed by atoms with van der Waals surface area (Å²) in [4.78, 5) is 46.0. The van der Waals surface area contributed by atoms with Gasteiger partial charge in [-0.15, -0.1) is 0 Å². The van der Waals surface area contributed by atoms with Gasteiger partial charge in [-0.25, -0.2) is 4.79 Å². The number of rotatable bonds is 12. The number of carbonyl (C=O) groups excluding carboxylic acids is 2. The lowest BCUT2D eigenvalue weighted by Gasteiger charge is -2.23. The number of aliphatic carboxylic acids is 2. The van der Waals surface area contributed by atoms with Gasteiger partial charge < -0.3 is 36.4 Å². The molecular weight excluding hydrogens is 386 g/mol. The van der Waals surface area contributed by atoms with Crippen LogP contribution in [0.25, 0.3) is 0 Å². The first kappa shape index (κ1) is 24.0. The average molecular weight is 411 g/mol. The van der Waals surface area contributed by atoms with Gasteiger partial charge in [0.1, 0.15) is 18.1 Å². The normalized spacial score (nSPS) is 14.9. The van der Waals surface area contributed by atoms with Crippen molar-refractivity contribution in [3.8, 4) is 0 Å². The second kappa shape index (κ2) is 11.7. The second-order valence-electron chi connectivity index (χ2n) is 6.27. The maximum Gasteiger partial charge on any atom is 0.326 e. The Hall–Kier alpha value is -3.02. The summed E-state index contributed by atoms with van der Waals surface area (Å²) in [5, 5.41) is 31.1. The summed E-state index contributed by atoms with van der Waals surface area (Å²) in [5.41, 5.74) is 6.69. The van der Waals surface area contributed by atoms with Gasteiger partial charge in [0.2, 0.25) is 11.8 Å². The van der Waals surface area contributed by atoms with Crippen LogP contribution in [0.3, 0.4) is 0 Å². The number of aliphatic hydroxyl groups excluding tert-OH is 1. The quantitative estimate of drug-likeness (QED) is 0.236. The molecule has 7 N–H and O–H groups in total. The average Bonchev–Trinajstić information content (AvgIpc) is 2.69. The number of hydrogen-bond acceptors (Lipinski definition) is 7. The molecule has 0 unspecified atom stereocenters. The maximum atomic E-state index is 12.2. The van der Waals surface area contributed by atoms with Gasteiger partial charge in [-0.3, -0.25) is 14.4 Å². The maximum absolute atomic E-state index is 12.2. The van der Waals surface area contributed by atoms with E-state index in [1.807, 2.05) is 35.6 Å². The minimum Gasteiger partial charge on any atom is -0.481 e. The summed E-state index contributed by atoms with van der Waals surface area (Å²) < 4.78 is 5.53. The lowest BCUT2D eigenvalue weighted by Crippen LogP contribution is -2.57. The van der Waals surface area contributed by atoms with Crippen molar-refractivity contribution in [3.63, 3.8) is 0 Å². The number of carbonyl (C=O) groups is 4. The third-order valence-corrected chi connectivity index (χ3v) is 3.97. The Morgan fingerprint density at radius 1 is 1.03 bits per heavy atom. The third kappa shape index (κ3) is 8.25. The van der Waals surface area contributed by atoms with Crippen LogP contribution in [0.5, 0.6) is 0 Å². The van der Waals surface area contributed by atoms with E-state index in [2.05, 4.69) is 5.32 Å². The first-order valence-electron chi connectivity index (χ1n) is 8.73. The molecule has 160 valence electrons. The van der Waals surface area contributed by atoms with Gasteiger partial charge in [0, 0.05) is 0 Å². The number of nitrogens with two attached hydrogens (primary N) is 1. The Balaban J connectivity index is 2.62. The molecule has 0 spiro atoms. The number of carboxylic acids is 2. The SMILES string of the molecule is C[C@@H](OCc1ccccc1)[C@H](N)C(=O)N[C@@H](CO)C(=O)N[C@@H](CC(=O)O)C(=O)O. The third-order valence-electron chi connectivity index (χ3n) is 3.97. The highest BCUT2D eigenvalue weighted by Crippen LogP contribution is 2.05. The highest BCUT2D eigenvalue weighted by atomic mass is 16.5. The van der Waals surface area contributed by atoms with Crippen LogP contribution in [0.2, 0.25) is 0 Å². The molecule has 1 aromatic carbocycles. The van der Waals surface area contributed by atoms with Crippen molar-refractivity contribution in [2.45, 2.75) is 44.2 Å². The molecule has 0 heterocycles. The zero-order valence-electron chi connectivity index (χ0n) is 15.8. The molecule has 0 radical (unpaired) electrons. The summed E-state index contributed by atoms with van der Waals surface area (Å²) in [6, 6.07) is 4.77. The molecule has 0 fully saturated rings. The predicted molar refractivity (Wildman–Crippen MR) is 99.5 cm³/mol. The fourth-order valence-electron chi connectivity index (χ4n) is 2.23. The van der Waals surface area contributed by atoms with Gasteiger partial charge in [0.05, 0.1) is 25.7 Å². The fourth-order valence-corrected chi connectivity index (χ4v) is 2.23. The van der Waals surface area contributed by atoms with Crippen LogP contribution in [0.15, 0.2) is 30.3 Å². The molecule has 0 aromatic heterocycles. The molecule has 0 aliphatic rings. The van der Waals surface area contributed by atoms with E-state index in [1.165, 1.54) is 0 Å². The Bertz CT molecular complexity index is 712. The molecule has 11 nitrogen and oxygen atoms in total. The van der Waals surface area contributed by atoms with Crippen LogP contribution in [-0.2, 0) is 30.5 Å². The zero-order chi connectivity index (χ0) is 22.0. The molecule has 0 saturated heterocycles. The van der Waals surface area contributed by atoms with E-state index >= 15 is 0 Å². The first-order valence-corrected chi connectivity index (χ1v) is 8.73. The standard InChI is InChI=1S/C18H25N3O8/c1-10(29-9-11-5-3-2-4-6-11)15(19)17(26)21-13(8-22)16(25)20-12(18(27)28)7-14(23)24/h2-6,10,12-13,15,22H,7-9,19H2,1H3,(H,20,25)(H,21,26)(H,23,24)(H,27,28)/t10-,12+,13+,15+/m1/s1. The van der Waals surface area contributed by atoms with Crippen LogP contribution in [0, 0.1) is 0 Å². The van der Waals surface area contributed by atoms with Crippen molar-refractivity contribution in [1.82, 2.24) is 10.6 Å². The van der Waals surface area contributed by atoms with Gasteiger partial charge in [-0.2, -0.15) is 0 Å². The first-order chi connectivity index (χ1) is 13.6. The largest absolute Gasteiger partial charge is 0.481 e. The highest BCUT2D eigenvalue weighted by Gasteiger charge is 2.30. The molecule has 4 atom stereocenters. The van der Waals surface area contributed by atoms with Crippen LogP contribution in [0.4, 0.5) is 0 Å². The molecule has 0 aliphatic carbocycles. The smallest absolute Gasteiger partial charge is 0.326 e. The number of benzene rings is 1. The molecule has 0 saturated carbocycles. The molecule has 0 bridgehead atoms. The highest BCUT2D eigenvalue weighted by molar-refractivity contribution is 5.93. The predicted octanol–water partition coefficient (Wildman–Crippen LogP) is -1.56. The van der Waals surface area contributed by atoms with Gasteiger partial charge in [0.25, 0.3) is 0 Å². The van der Waals surface area contributed by atoms with Crippen molar-refractivity contribution < 1.29 is 39.2 Å². The monoisotopic (exact) mass is 411 g/mol. The lowest BCUT2D eigenvalue weighted by atomic mass is 10.1. The molecule has 1 rings (SSSR count). The molecule has 29 heavy (non-hydrogen) atoms. The van der Waals surface area contributed by atoms with Crippen molar-refractivity contribution in [3.05, 3.63) is 35.9 Å². The van der Waals surface area contributed by atoms with E-state index in [1.54, 1.807) is 6.92 Å². The van der Waals surface area contributed by atoms with E-state index in [0.717, 1.165) is 5.56 Å². The van der Waals surface area contributed by atoms with E-state index < -0.39 is 61.0 Å². The van der Waals surface area contributed by atoms with Crippen molar-refractivity contribution in [2.24, 2.45) is 5.73 Å². The molecule has 11 heteroatoms. The van der Waals surface area contributed by atoms with Gasteiger partial charge in [0.15, 0.2) is 0 Å². The van der Waals surface area contributed by atoms with Crippen molar-refractivity contribution in [1.29, 1.82) is 0 Å². The van der Waals surface area contributed by atoms with Gasteiger partial charge in [-0.1, -0.05) is 30.3 Å². The minimum absolute atomic E-state index is 0.211. The molecular formula is C18H25N3O8. The van der Waals surface area contributed by atoms with E-state index in [0.29, 0.717) is 0 Å². The van der Waals surface area contributed by atoms with E-state index in [-0.39, 0.29) is 6.61 Å². The summed E-state index contributed by atoms with van der Waals surface area (Å²) in [6.45, 7) is 0.930. The topological polar surface area (TPSA) is 188 Å². The number of aliphatic hydroxyl groups is 1. The molecule has 0 aliphatic heterocycles. The van der Waals surface area contributed by atoms with Crippen LogP contribution in [0.1, 0.15) is 18.9 Å². The Morgan fingerprint density at radius 3 is 2.14 bits per heavy atom. The number of hydrogen-bond donors (Lipinski definition) is 6. The number of carboxylic acid groups (broad SMARTS) is 2. The minimum atomic E-state index is -1.72. The zero-order valence-corrected chi connectivity index (χ0v) is 15.8. The van der Waals surface area contributed by atoms with Crippen molar-refractivity contribution in [2.75, 3.05) is 6.61 Å². The second-order valence-corrected chi connectivity index (χ2v) is 6.27. The van der Waals surface area contributed by atoms with Crippen LogP contribution in [-0.4, -0.2) is 69.9 Å². The Labute approximate surface area is 166 Å². The number of nitrogens with one attached hydrogen (secondary N) is 2. The number of ether oxygens (including phenoxy) is 1. The van der Waals surface area contributed by atoms with E-state index in [4.69, 9.17) is 20.7 Å².